The molecule has 1 aliphatic rings. The number of likely N-dealkylation sites (tertiary alicyclic amines) is 1. The predicted molar refractivity (Wildman–Crippen MR) is 102 cm³/mol. The molecule has 1 fully saturated rings. The maximum atomic E-state index is 12.9. The van der Waals surface area contributed by atoms with Gasteiger partial charge in [0.05, 0.1) is 4.88 Å². The zero-order valence-electron chi connectivity index (χ0n) is 14.9. The van der Waals surface area contributed by atoms with Crippen LogP contribution >= 0.6 is 11.3 Å². The second kappa shape index (κ2) is 6.99. The van der Waals surface area contributed by atoms with Gasteiger partial charge < -0.3 is 10.6 Å². The molecule has 0 spiro atoms. The van der Waals surface area contributed by atoms with Crippen molar-refractivity contribution in [3.05, 3.63) is 46.7 Å². The van der Waals surface area contributed by atoms with E-state index in [4.69, 9.17) is 5.73 Å². The molecule has 8 nitrogen and oxygen atoms in total. The number of piperidine rings is 1. The summed E-state index contributed by atoms with van der Waals surface area (Å²) in [7, 11) is 1.80. The Morgan fingerprint density at radius 3 is 2.70 bits per heavy atom. The number of nitrogens with zero attached hydrogens (tertiary/aromatic N) is 4. The SMILES string of the molecule is Cn1nc(-c2cccs2)cc1C(=O)N1CCC(c2cc(C(N)=O)n[nH]2)CC1. The third kappa shape index (κ3) is 3.37. The van der Waals surface area contributed by atoms with Crippen LogP contribution in [0.5, 0.6) is 0 Å². The summed E-state index contributed by atoms with van der Waals surface area (Å²) in [6, 6.07) is 7.53. The molecule has 4 heterocycles. The summed E-state index contributed by atoms with van der Waals surface area (Å²) in [6.45, 7) is 1.29. The number of amides is 2. The molecule has 0 saturated carbocycles. The Morgan fingerprint density at radius 2 is 2.07 bits per heavy atom. The minimum Gasteiger partial charge on any atom is -0.364 e. The van der Waals surface area contributed by atoms with Crippen molar-refractivity contribution in [2.45, 2.75) is 18.8 Å². The average Bonchev–Trinajstić information content (AvgIpc) is 3.41. The van der Waals surface area contributed by atoms with Gasteiger partial charge in [-0.2, -0.15) is 10.2 Å². The van der Waals surface area contributed by atoms with Crippen LogP contribution < -0.4 is 5.73 Å². The topological polar surface area (TPSA) is 110 Å². The van der Waals surface area contributed by atoms with Crippen LogP contribution in [0.1, 0.15) is 45.4 Å². The number of nitrogens with one attached hydrogen (secondary N) is 1. The molecule has 3 N–H and O–H groups in total. The van der Waals surface area contributed by atoms with E-state index >= 15 is 0 Å². The molecule has 0 bridgehead atoms. The number of H-pyrrole nitrogens is 1. The fourth-order valence-corrected chi connectivity index (χ4v) is 4.12. The number of primary amides is 1. The average molecular weight is 384 g/mol. The fraction of sp³-hybridized carbons (Fsp3) is 0.333. The molecule has 0 radical (unpaired) electrons. The number of thiophene rings is 1. The van der Waals surface area contributed by atoms with E-state index in [1.54, 1.807) is 29.1 Å². The van der Waals surface area contributed by atoms with Crippen molar-refractivity contribution in [1.82, 2.24) is 24.9 Å². The Morgan fingerprint density at radius 1 is 1.30 bits per heavy atom. The van der Waals surface area contributed by atoms with Gasteiger partial charge in [-0.1, -0.05) is 6.07 Å². The zero-order chi connectivity index (χ0) is 19.0. The highest BCUT2D eigenvalue weighted by Gasteiger charge is 2.28. The molecule has 140 valence electrons. The lowest BCUT2D eigenvalue weighted by atomic mass is 9.93. The summed E-state index contributed by atoms with van der Waals surface area (Å²) in [5.41, 5.74) is 7.81. The molecule has 2 amide bonds. The van der Waals surface area contributed by atoms with Gasteiger partial charge in [0.2, 0.25) is 0 Å². The number of hydrogen-bond donors (Lipinski definition) is 2. The first-order valence-corrected chi connectivity index (χ1v) is 9.63. The third-order valence-corrected chi connectivity index (χ3v) is 5.84. The van der Waals surface area contributed by atoms with E-state index in [2.05, 4.69) is 15.3 Å². The van der Waals surface area contributed by atoms with E-state index < -0.39 is 5.91 Å². The van der Waals surface area contributed by atoms with Gasteiger partial charge in [-0.05, 0) is 36.4 Å². The van der Waals surface area contributed by atoms with Gasteiger partial charge in [0, 0.05) is 31.7 Å². The lowest BCUT2D eigenvalue weighted by Gasteiger charge is -2.31. The van der Waals surface area contributed by atoms with Gasteiger partial charge in [0.15, 0.2) is 0 Å². The summed E-state index contributed by atoms with van der Waals surface area (Å²) in [5, 5.41) is 13.3. The molecule has 3 aromatic rings. The number of carbonyl (C=O) groups is 2. The van der Waals surface area contributed by atoms with Crippen LogP contribution in [0, 0.1) is 0 Å². The van der Waals surface area contributed by atoms with Crippen molar-refractivity contribution in [1.29, 1.82) is 0 Å². The van der Waals surface area contributed by atoms with Gasteiger partial charge in [-0.15, -0.1) is 11.3 Å². The molecule has 3 aromatic heterocycles. The smallest absolute Gasteiger partial charge is 0.272 e. The highest BCUT2D eigenvalue weighted by atomic mass is 32.1. The van der Waals surface area contributed by atoms with E-state index in [0.29, 0.717) is 18.8 Å². The van der Waals surface area contributed by atoms with Crippen LogP contribution in [0.2, 0.25) is 0 Å². The van der Waals surface area contributed by atoms with Gasteiger partial charge in [-0.3, -0.25) is 19.4 Å². The predicted octanol–water partition coefficient (Wildman–Crippen LogP) is 1.99. The maximum absolute atomic E-state index is 12.9. The lowest BCUT2D eigenvalue weighted by Crippen LogP contribution is -2.38. The maximum Gasteiger partial charge on any atom is 0.272 e. The summed E-state index contributed by atoms with van der Waals surface area (Å²) in [5.74, 6) is -0.306. The molecule has 4 rings (SSSR count). The Kier molecular flexibility index (Phi) is 4.53. The highest BCUT2D eigenvalue weighted by molar-refractivity contribution is 7.13. The standard InChI is InChI=1S/C18H20N6O2S/c1-23-15(10-13(22-23)16-3-2-8-27-16)18(26)24-6-4-11(5-7-24)12-9-14(17(19)25)21-20-12/h2-3,8-11H,4-7H2,1H3,(H2,19,25)(H,20,21). The number of carbonyl (C=O) groups excluding carboxylic acids is 2. The summed E-state index contributed by atoms with van der Waals surface area (Å²) in [6.07, 6.45) is 1.61. The van der Waals surface area contributed by atoms with E-state index in [1.807, 2.05) is 28.5 Å². The van der Waals surface area contributed by atoms with Crippen LogP contribution in [0.3, 0.4) is 0 Å². The number of aromatic amines is 1. The molecular weight excluding hydrogens is 364 g/mol. The van der Waals surface area contributed by atoms with Crippen LogP contribution in [0.25, 0.3) is 10.6 Å². The number of aromatic nitrogens is 4. The number of hydrogen-bond acceptors (Lipinski definition) is 5. The van der Waals surface area contributed by atoms with E-state index in [9.17, 15) is 9.59 Å². The molecule has 9 heteroatoms. The first-order valence-electron chi connectivity index (χ1n) is 8.75. The Hall–Kier alpha value is -2.94. The van der Waals surface area contributed by atoms with Crippen molar-refractivity contribution in [2.24, 2.45) is 12.8 Å². The van der Waals surface area contributed by atoms with Crippen LogP contribution in [0.4, 0.5) is 0 Å². The Labute approximate surface area is 160 Å². The molecule has 0 aliphatic carbocycles. The number of nitrogens with two attached hydrogens (primary N) is 1. The Balaban J connectivity index is 1.43. The van der Waals surface area contributed by atoms with Crippen LogP contribution in [-0.4, -0.2) is 49.8 Å². The van der Waals surface area contributed by atoms with E-state index in [1.165, 1.54) is 0 Å². The van der Waals surface area contributed by atoms with Crippen molar-refractivity contribution >= 4 is 23.2 Å². The largest absolute Gasteiger partial charge is 0.364 e. The molecule has 0 atom stereocenters. The van der Waals surface area contributed by atoms with Crippen LogP contribution in [0.15, 0.2) is 29.6 Å². The van der Waals surface area contributed by atoms with Crippen molar-refractivity contribution < 1.29 is 9.59 Å². The van der Waals surface area contributed by atoms with Gasteiger partial charge in [-0.25, -0.2) is 0 Å². The van der Waals surface area contributed by atoms with Crippen molar-refractivity contribution in [2.75, 3.05) is 13.1 Å². The molecule has 1 aliphatic heterocycles. The lowest BCUT2D eigenvalue weighted by molar-refractivity contribution is 0.0700. The monoisotopic (exact) mass is 384 g/mol. The molecule has 27 heavy (non-hydrogen) atoms. The van der Waals surface area contributed by atoms with Crippen molar-refractivity contribution in [3.8, 4) is 10.6 Å². The number of rotatable bonds is 4. The fourth-order valence-electron chi connectivity index (χ4n) is 3.44. The summed E-state index contributed by atoms with van der Waals surface area (Å²) >= 11 is 1.60. The first kappa shape index (κ1) is 17.5. The minimum atomic E-state index is -0.539. The van der Waals surface area contributed by atoms with Crippen LogP contribution in [-0.2, 0) is 7.05 Å². The Bertz CT molecular complexity index is 966. The second-order valence-electron chi connectivity index (χ2n) is 6.65. The molecule has 0 aromatic carbocycles. The second-order valence-corrected chi connectivity index (χ2v) is 7.60. The highest BCUT2D eigenvalue weighted by Crippen LogP contribution is 2.29. The number of aryl methyl sites for hydroxylation is 1. The van der Waals surface area contributed by atoms with E-state index in [0.717, 1.165) is 29.1 Å². The normalized spacial score (nSPS) is 15.2. The van der Waals surface area contributed by atoms with Gasteiger partial charge >= 0.3 is 0 Å². The molecule has 0 unspecified atom stereocenters. The third-order valence-electron chi connectivity index (χ3n) is 4.94. The van der Waals surface area contributed by atoms with Crippen molar-refractivity contribution in [3.63, 3.8) is 0 Å². The summed E-state index contributed by atoms with van der Waals surface area (Å²) < 4.78 is 1.65. The molecule has 1 saturated heterocycles. The van der Waals surface area contributed by atoms with E-state index in [-0.39, 0.29) is 17.5 Å². The van der Waals surface area contributed by atoms with Gasteiger partial charge in [0.25, 0.3) is 11.8 Å². The minimum absolute atomic E-state index is 0.00584. The summed E-state index contributed by atoms with van der Waals surface area (Å²) in [4.78, 5) is 27.0. The van der Waals surface area contributed by atoms with Gasteiger partial charge in [0.1, 0.15) is 17.1 Å². The zero-order valence-corrected chi connectivity index (χ0v) is 15.7. The first-order chi connectivity index (χ1) is 13.0. The molecular formula is C18H20N6O2S. The quantitative estimate of drug-likeness (QED) is 0.717.